The molecule has 1 amide bonds. The van der Waals surface area contributed by atoms with Crippen molar-refractivity contribution in [2.75, 3.05) is 17.2 Å². The average molecular weight is 420 g/mol. The largest absolute Gasteiger partial charge is 0.397 e. The Bertz CT molecular complexity index is 1140. The lowest BCUT2D eigenvalue weighted by atomic mass is 9.71. The second-order valence-electron chi connectivity index (χ2n) is 9.79. The van der Waals surface area contributed by atoms with Gasteiger partial charge in [0.2, 0.25) is 0 Å². The molecule has 3 aromatic rings. The van der Waals surface area contributed by atoms with Crippen molar-refractivity contribution in [3.05, 3.63) is 52.0 Å². The lowest BCUT2D eigenvalue weighted by Crippen LogP contribution is -2.35. The Balaban J connectivity index is 1.53. The van der Waals surface area contributed by atoms with Crippen LogP contribution >= 0.6 is 11.3 Å². The Kier molecular flexibility index (Phi) is 4.62. The van der Waals surface area contributed by atoms with Crippen LogP contribution in [-0.4, -0.2) is 17.4 Å². The van der Waals surface area contributed by atoms with Gasteiger partial charge in [0.1, 0.15) is 9.71 Å². The Hall–Kier alpha value is -2.40. The van der Waals surface area contributed by atoms with Gasteiger partial charge in [0.05, 0.1) is 5.69 Å². The van der Waals surface area contributed by atoms with Crippen molar-refractivity contribution < 1.29 is 4.79 Å². The highest BCUT2D eigenvalue weighted by atomic mass is 32.1. The summed E-state index contributed by atoms with van der Waals surface area (Å²) in [5.41, 5.74) is 12.2. The summed E-state index contributed by atoms with van der Waals surface area (Å²) in [6.45, 7) is 7.70. The third kappa shape index (κ3) is 3.20. The van der Waals surface area contributed by atoms with Crippen molar-refractivity contribution in [2.45, 2.75) is 52.9 Å². The lowest BCUT2D eigenvalue weighted by Gasteiger charge is -2.34. The fourth-order valence-corrected chi connectivity index (χ4v) is 6.00. The summed E-state index contributed by atoms with van der Waals surface area (Å²) in [5, 5.41) is 0.946. The smallest absolute Gasteiger partial charge is 0.270 e. The van der Waals surface area contributed by atoms with Crippen LogP contribution in [0.1, 0.15) is 60.1 Å². The van der Waals surface area contributed by atoms with Crippen molar-refractivity contribution in [1.29, 1.82) is 0 Å². The van der Waals surface area contributed by atoms with E-state index in [1.54, 1.807) is 0 Å². The van der Waals surface area contributed by atoms with E-state index >= 15 is 0 Å². The van der Waals surface area contributed by atoms with Crippen LogP contribution in [0.2, 0.25) is 0 Å². The maximum absolute atomic E-state index is 13.5. The van der Waals surface area contributed by atoms with E-state index in [0.717, 1.165) is 48.1 Å². The molecule has 30 heavy (non-hydrogen) atoms. The predicted octanol–water partition coefficient (Wildman–Crippen LogP) is 5.62. The number of nitrogens with zero attached hydrogens (tertiary/aromatic N) is 2. The molecule has 3 heterocycles. The minimum atomic E-state index is 0.00758. The molecule has 2 aliphatic rings. The van der Waals surface area contributed by atoms with Crippen molar-refractivity contribution in [1.82, 2.24) is 4.98 Å². The molecule has 4 nitrogen and oxygen atoms in total. The standard InChI is InChI=1S/C25H29N3OS/c1-25(2,3)17-10-11-19-16(13-17)14-18-21(26)22(30-23(18)27-19)24(29)28-12-6-8-15-7-4-5-9-20(15)28/h4-5,7,9,14,17H,6,8,10-13,26H2,1-3H3. The first-order valence-corrected chi connectivity index (χ1v) is 11.7. The Morgan fingerprint density at radius 2 is 2.00 bits per heavy atom. The van der Waals surface area contributed by atoms with Crippen LogP contribution < -0.4 is 10.6 Å². The number of anilines is 2. The molecule has 1 atom stereocenters. The minimum absolute atomic E-state index is 0.00758. The van der Waals surface area contributed by atoms with Gasteiger partial charge in [0, 0.05) is 23.3 Å². The molecule has 0 bridgehead atoms. The number of thiophene rings is 1. The molecule has 1 unspecified atom stereocenters. The van der Waals surface area contributed by atoms with E-state index in [-0.39, 0.29) is 11.3 Å². The molecule has 1 aromatic carbocycles. The maximum atomic E-state index is 13.5. The number of para-hydroxylation sites is 1. The zero-order valence-corrected chi connectivity index (χ0v) is 18.8. The monoisotopic (exact) mass is 419 g/mol. The molecule has 0 saturated heterocycles. The number of hydrogen-bond donors (Lipinski definition) is 1. The summed E-state index contributed by atoms with van der Waals surface area (Å²) >= 11 is 1.45. The first-order valence-electron chi connectivity index (χ1n) is 10.9. The highest BCUT2D eigenvalue weighted by molar-refractivity contribution is 7.21. The summed E-state index contributed by atoms with van der Waals surface area (Å²) < 4.78 is 0. The van der Waals surface area contributed by atoms with Crippen LogP contribution in [0.15, 0.2) is 30.3 Å². The summed E-state index contributed by atoms with van der Waals surface area (Å²) in [7, 11) is 0. The van der Waals surface area contributed by atoms with Gasteiger partial charge in [-0.25, -0.2) is 4.98 Å². The van der Waals surface area contributed by atoms with Gasteiger partial charge in [-0.2, -0.15) is 0 Å². The number of aromatic nitrogens is 1. The quantitative estimate of drug-likeness (QED) is 0.557. The molecule has 2 aromatic heterocycles. The zero-order chi connectivity index (χ0) is 21.0. The molecule has 1 aliphatic heterocycles. The molecule has 1 aliphatic carbocycles. The van der Waals surface area contributed by atoms with Crippen LogP contribution in [0, 0.1) is 11.3 Å². The molecule has 0 saturated carbocycles. The number of hydrogen-bond acceptors (Lipinski definition) is 4. The highest BCUT2D eigenvalue weighted by Gasteiger charge is 2.31. The van der Waals surface area contributed by atoms with Crippen molar-refractivity contribution in [2.24, 2.45) is 11.3 Å². The number of nitrogen functional groups attached to an aromatic ring is 1. The van der Waals surface area contributed by atoms with Crippen LogP contribution in [0.25, 0.3) is 10.2 Å². The fourth-order valence-electron chi connectivity index (χ4n) is 4.96. The van der Waals surface area contributed by atoms with Crippen LogP contribution in [-0.2, 0) is 19.3 Å². The predicted molar refractivity (Wildman–Crippen MR) is 125 cm³/mol. The minimum Gasteiger partial charge on any atom is -0.397 e. The number of rotatable bonds is 1. The van der Waals surface area contributed by atoms with Gasteiger partial charge in [-0.3, -0.25) is 4.79 Å². The fraction of sp³-hybridized carbons (Fsp3) is 0.440. The lowest BCUT2D eigenvalue weighted by molar-refractivity contribution is 0.0990. The van der Waals surface area contributed by atoms with Crippen LogP contribution in [0.5, 0.6) is 0 Å². The second-order valence-corrected chi connectivity index (χ2v) is 10.8. The number of carbonyl (C=O) groups excluding carboxylic acids is 1. The molecule has 2 N–H and O–H groups in total. The molecular weight excluding hydrogens is 390 g/mol. The number of pyridine rings is 1. The van der Waals surface area contributed by atoms with Crippen molar-refractivity contribution >= 4 is 38.8 Å². The Labute approximate surface area is 182 Å². The number of aryl methyl sites for hydroxylation is 2. The first kappa shape index (κ1) is 19.6. The van der Waals surface area contributed by atoms with Crippen molar-refractivity contribution in [3.63, 3.8) is 0 Å². The number of carbonyl (C=O) groups is 1. The molecular formula is C25H29N3OS. The second kappa shape index (κ2) is 7.09. The molecule has 5 heteroatoms. The van der Waals surface area contributed by atoms with Crippen LogP contribution in [0.4, 0.5) is 11.4 Å². The summed E-state index contributed by atoms with van der Waals surface area (Å²) in [4.78, 5) is 21.9. The number of nitrogens with two attached hydrogens (primary N) is 1. The first-order chi connectivity index (χ1) is 14.3. The zero-order valence-electron chi connectivity index (χ0n) is 18.0. The third-order valence-electron chi connectivity index (χ3n) is 6.86. The maximum Gasteiger partial charge on any atom is 0.270 e. The van der Waals surface area contributed by atoms with Gasteiger partial charge in [0.15, 0.2) is 0 Å². The van der Waals surface area contributed by atoms with Gasteiger partial charge < -0.3 is 10.6 Å². The van der Waals surface area contributed by atoms with Crippen LogP contribution in [0.3, 0.4) is 0 Å². The normalized spacial score (nSPS) is 18.9. The Morgan fingerprint density at radius 3 is 2.80 bits per heavy atom. The molecule has 156 valence electrons. The van der Waals surface area contributed by atoms with E-state index in [4.69, 9.17) is 10.7 Å². The molecule has 0 spiro atoms. The van der Waals surface area contributed by atoms with Gasteiger partial charge in [0.25, 0.3) is 5.91 Å². The number of benzene rings is 1. The average Bonchev–Trinajstić information content (AvgIpc) is 3.05. The van der Waals surface area contributed by atoms with E-state index < -0.39 is 0 Å². The van der Waals surface area contributed by atoms with Gasteiger partial charge in [-0.05, 0) is 66.7 Å². The van der Waals surface area contributed by atoms with Crippen molar-refractivity contribution in [3.8, 4) is 0 Å². The summed E-state index contributed by atoms with van der Waals surface area (Å²) in [5.74, 6) is 0.656. The van der Waals surface area contributed by atoms with Gasteiger partial charge in [-0.15, -0.1) is 11.3 Å². The summed E-state index contributed by atoms with van der Waals surface area (Å²) in [6, 6.07) is 10.4. The van der Waals surface area contributed by atoms with E-state index in [1.807, 2.05) is 23.1 Å². The number of amides is 1. The van der Waals surface area contributed by atoms with E-state index in [9.17, 15) is 4.79 Å². The van der Waals surface area contributed by atoms with Gasteiger partial charge in [-0.1, -0.05) is 39.0 Å². The van der Waals surface area contributed by atoms with E-state index in [2.05, 4.69) is 32.9 Å². The summed E-state index contributed by atoms with van der Waals surface area (Å²) in [6.07, 6.45) is 5.22. The molecule has 0 radical (unpaired) electrons. The highest BCUT2D eigenvalue weighted by Crippen LogP contribution is 2.41. The SMILES string of the molecule is CC(C)(C)C1CCc2nc3sc(C(=O)N4CCCc5ccccc54)c(N)c3cc2C1. The molecule has 0 fully saturated rings. The number of fused-ring (bicyclic) bond motifs is 3. The topological polar surface area (TPSA) is 59.2 Å². The third-order valence-corrected chi connectivity index (χ3v) is 7.96. The van der Waals surface area contributed by atoms with E-state index in [1.165, 1.54) is 34.6 Å². The molecule has 5 rings (SSSR count). The van der Waals surface area contributed by atoms with Gasteiger partial charge >= 0.3 is 0 Å². The van der Waals surface area contributed by atoms with E-state index in [0.29, 0.717) is 16.5 Å². The Morgan fingerprint density at radius 1 is 1.20 bits per heavy atom.